The van der Waals surface area contributed by atoms with Gasteiger partial charge in [0.25, 0.3) is 0 Å². The van der Waals surface area contributed by atoms with E-state index in [1.807, 2.05) is 0 Å². The standard InChI is InChI=1S/C10H10BrF3N2O3S/c11-6-5-20-7(15-6)9(18)1-3-16(4-2-9)19-8(17)10(12,13)14/h5,18H,1-4H2. The van der Waals surface area contributed by atoms with Crippen molar-refractivity contribution >= 4 is 33.2 Å². The molecule has 1 aromatic rings. The summed E-state index contributed by atoms with van der Waals surface area (Å²) in [6, 6.07) is 0. The van der Waals surface area contributed by atoms with E-state index in [0.29, 0.717) is 9.61 Å². The summed E-state index contributed by atoms with van der Waals surface area (Å²) >= 11 is 4.43. The van der Waals surface area contributed by atoms with Gasteiger partial charge in [0.2, 0.25) is 0 Å². The minimum atomic E-state index is -5.02. The van der Waals surface area contributed by atoms with Crippen molar-refractivity contribution in [3.05, 3.63) is 15.0 Å². The highest BCUT2D eigenvalue weighted by Gasteiger charge is 2.44. The largest absolute Gasteiger partial charge is 0.492 e. The van der Waals surface area contributed by atoms with Crippen LogP contribution in [-0.4, -0.2) is 40.4 Å². The SMILES string of the molecule is O=C(ON1CCC(O)(c2nc(Br)cs2)CC1)C(F)(F)F. The topological polar surface area (TPSA) is 62.7 Å². The van der Waals surface area contributed by atoms with Crippen LogP contribution in [0.1, 0.15) is 17.8 Å². The number of rotatable bonds is 2. The van der Waals surface area contributed by atoms with Gasteiger partial charge < -0.3 is 9.94 Å². The van der Waals surface area contributed by atoms with Gasteiger partial charge in [0.15, 0.2) is 0 Å². The van der Waals surface area contributed by atoms with Gasteiger partial charge >= 0.3 is 12.1 Å². The second-order valence-corrected chi connectivity index (χ2v) is 5.98. The molecule has 2 heterocycles. The molecule has 0 aromatic carbocycles. The summed E-state index contributed by atoms with van der Waals surface area (Å²) in [6.07, 6.45) is -4.75. The van der Waals surface area contributed by atoms with E-state index in [1.165, 1.54) is 11.3 Å². The average Bonchev–Trinajstić information content (AvgIpc) is 2.78. The van der Waals surface area contributed by atoms with Crippen LogP contribution < -0.4 is 0 Å². The van der Waals surface area contributed by atoms with E-state index in [-0.39, 0.29) is 25.9 Å². The van der Waals surface area contributed by atoms with Gasteiger partial charge in [-0.15, -0.1) is 16.4 Å². The number of hydrogen-bond donors (Lipinski definition) is 1. The third-order valence-corrected chi connectivity index (χ3v) is 4.61. The van der Waals surface area contributed by atoms with E-state index in [0.717, 1.165) is 5.06 Å². The Bertz CT molecular complexity index is 500. The molecule has 1 fully saturated rings. The first-order chi connectivity index (χ1) is 9.21. The van der Waals surface area contributed by atoms with Crippen molar-refractivity contribution in [2.24, 2.45) is 0 Å². The number of halogens is 4. The maximum absolute atomic E-state index is 12.1. The van der Waals surface area contributed by atoms with Gasteiger partial charge in [-0.3, -0.25) is 0 Å². The van der Waals surface area contributed by atoms with Gasteiger partial charge in [-0.1, -0.05) is 0 Å². The lowest BCUT2D eigenvalue weighted by molar-refractivity contribution is -0.247. The Morgan fingerprint density at radius 1 is 1.50 bits per heavy atom. The molecule has 1 N–H and O–H groups in total. The molecule has 1 aromatic heterocycles. The van der Waals surface area contributed by atoms with Gasteiger partial charge in [-0.2, -0.15) is 13.2 Å². The van der Waals surface area contributed by atoms with Gasteiger partial charge in [-0.25, -0.2) is 9.78 Å². The molecule has 5 nitrogen and oxygen atoms in total. The molecular formula is C10H10BrF3N2O3S. The zero-order valence-corrected chi connectivity index (χ0v) is 12.4. The zero-order valence-electron chi connectivity index (χ0n) is 9.98. The molecule has 1 aliphatic heterocycles. The van der Waals surface area contributed by atoms with E-state index in [9.17, 15) is 23.1 Å². The molecule has 1 aliphatic rings. The Kier molecular flexibility index (Phi) is 4.38. The third kappa shape index (κ3) is 3.48. The number of hydrogen-bond acceptors (Lipinski definition) is 6. The second-order valence-electron chi connectivity index (χ2n) is 4.31. The van der Waals surface area contributed by atoms with E-state index >= 15 is 0 Å². The third-order valence-electron chi connectivity index (χ3n) is 2.87. The van der Waals surface area contributed by atoms with E-state index < -0.39 is 17.7 Å². The van der Waals surface area contributed by atoms with Crippen molar-refractivity contribution in [3.63, 3.8) is 0 Å². The molecule has 0 aliphatic carbocycles. The highest BCUT2D eigenvalue weighted by molar-refractivity contribution is 9.10. The Hall–Kier alpha value is -0.710. The molecule has 0 radical (unpaired) electrons. The fourth-order valence-corrected chi connectivity index (χ4v) is 3.21. The van der Waals surface area contributed by atoms with Crippen LogP contribution in [0.15, 0.2) is 9.98 Å². The number of piperidine rings is 1. The van der Waals surface area contributed by atoms with Crippen molar-refractivity contribution in [2.45, 2.75) is 24.6 Å². The first-order valence-electron chi connectivity index (χ1n) is 5.59. The van der Waals surface area contributed by atoms with Crippen molar-refractivity contribution < 1.29 is 27.9 Å². The van der Waals surface area contributed by atoms with Crippen LogP contribution in [-0.2, 0) is 15.2 Å². The first-order valence-corrected chi connectivity index (χ1v) is 7.26. The minimum absolute atomic E-state index is 0.00944. The van der Waals surface area contributed by atoms with Crippen molar-refractivity contribution in [1.82, 2.24) is 10.0 Å². The second kappa shape index (κ2) is 5.58. The number of carbonyl (C=O) groups is 1. The average molecular weight is 375 g/mol. The minimum Gasteiger partial charge on any atom is -0.383 e. The summed E-state index contributed by atoms with van der Waals surface area (Å²) in [6.45, 7) is 0.0189. The predicted octanol–water partition coefficient (Wildman–Crippen LogP) is 2.21. The predicted molar refractivity (Wildman–Crippen MR) is 66.7 cm³/mol. The fourth-order valence-electron chi connectivity index (χ4n) is 1.80. The Morgan fingerprint density at radius 3 is 2.55 bits per heavy atom. The monoisotopic (exact) mass is 374 g/mol. The lowest BCUT2D eigenvalue weighted by atomic mass is 9.93. The number of thiazole rings is 1. The Morgan fingerprint density at radius 2 is 2.10 bits per heavy atom. The van der Waals surface area contributed by atoms with Crippen LogP contribution in [0.4, 0.5) is 13.2 Å². The molecule has 20 heavy (non-hydrogen) atoms. The molecule has 10 heteroatoms. The molecule has 0 unspecified atom stereocenters. The number of aliphatic hydroxyl groups is 1. The summed E-state index contributed by atoms with van der Waals surface area (Å²) in [5.74, 6) is -2.25. The molecule has 0 saturated carbocycles. The summed E-state index contributed by atoms with van der Waals surface area (Å²) < 4.78 is 36.8. The van der Waals surface area contributed by atoms with E-state index in [4.69, 9.17) is 0 Å². The highest BCUT2D eigenvalue weighted by Crippen LogP contribution is 2.35. The molecule has 0 amide bonds. The fraction of sp³-hybridized carbons (Fsp3) is 0.600. The lowest BCUT2D eigenvalue weighted by Crippen LogP contribution is -2.45. The van der Waals surface area contributed by atoms with Gasteiger partial charge in [0, 0.05) is 18.5 Å². The number of nitrogens with zero attached hydrogens (tertiary/aromatic N) is 2. The van der Waals surface area contributed by atoms with E-state index in [1.54, 1.807) is 5.38 Å². The quantitative estimate of drug-likeness (QED) is 0.859. The molecule has 0 atom stereocenters. The van der Waals surface area contributed by atoms with Crippen LogP contribution in [0.25, 0.3) is 0 Å². The zero-order chi connectivity index (χ0) is 15.0. The van der Waals surface area contributed by atoms with Crippen LogP contribution in [0.2, 0.25) is 0 Å². The highest BCUT2D eigenvalue weighted by atomic mass is 79.9. The Balaban J connectivity index is 1.94. The molecule has 0 spiro atoms. The number of alkyl halides is 3. The van der Waals surface area contributed by atoms with Crippen LogP contribution in [0, 0.1) is 0 Å². The first kappa shape index (κ1) is 15.7. The van der Waals surface area contributed by atoms with Crippen LogP contribution in [0.3, 0.4) is 0 Å². The normalized spacial score (nSPS) is 19.9. The van der Waals surface area contributed by atoms with Gasteiger partial charge in [0.1, 0.15) is 15.2 Å². The number of carbonyl (C=O) groups excluding carboxylic acids is 1. The Labute approximate surface area is 124 Å². The summed E-state index contributed by atoms with van der Waals surface area (Å²) in [7, 11) is 0. The van der Waals surface area contributed by atoms with E-state index in [2.05, 4.69) is 25.8 Å². The maximum Gasteiger partial charge on any atom is 0.492 e. The summed E-state index contributed by atoms with van der Waals surface area (Å²) in [4.78, 5) is 19.0. The molecule has 2 rings (SSSR count). The van der Waals surface area contributed by atoms with Gasteiger partial charge in [0.05, 0.1) is 0 Å². The maximum atomic E-state index is 12.1. The molecule has 0 bridgehead atoms. The molecular weight excluding hydrogens is 365 g/mol. The van der Waals surface area contributed by atoms with Crippen LogP contribution >= 0.6 is 27.3 Å². The van der Waals surface area contributed by atoms with Crippen molar-refractivity contribution in [3.8, 4) is 0 Å². The smallest absolute Gasteiger partial charge is 0.383 e. The number of aromatic nitrogens is 1. The van der Waals surface area contributed by atoms with Gasteiger partial charge in [-0.05, 0) is 28.8 Å². The molecule has 112 valence electrons. The molecule has 1 saturated heterocycles. The van der Waals surface area contributed by atoms with Crippen LogP contribution in [0.5, 0.6) is 0 Å². The van der Waals surface area contributed by atoms with Crippen molar-refractivity contribution in [1.29, 1.82) is 0 Å². The lowest BCUT2D eigenvalue weighted by Gasteiger charge is -2.35. The number of hydroxylamine groups is 2. The summed E-state index contributed by atoms with van der Waals surface area (Å²) in [5, 5.41) is 13.5. The van der Waals surface area contributed by atoms with Crippen molar-refractivity contribution in [2.75, 3.05) is 13.1 Å². The summed E-state index contributed by atoms with van der Waals surface area (Å²) in [5.41, 5.74) is -1.20.